The van der Waals surface area contributed by atoms with Gasteiger partial charge in [-0.3, -0.25) is 10.7 Å². The van der Waals surface area contributed by atoms with E-state index in [9.17, 15) is 13.2 Å². The molecule has 2 atom stereocenters. The first-order chi connectivity index (χ1) is 10.8. The van der Waals surface area contributed by atoms with E-state index in [1.54, 1.807) is 0 Å². The van der Waals surface area contributed by atoms with Gasteiger partial charge < -0.3 is 10.5 Å². The van der Waals surface area contributed by atoms with Gasteiger partial charge in [0.25, 0.3) is 0 Å². The van der Waals surface area contributed by atoms with Crippen molar-refractivity contribution in [2.24, 2.45) is 26.4 Å². The Morgan fingerprint density at radius 3 is 2.74 bits per heavy atom. The minimum atomic E-state index is -4.59. The van der Waals surface area contributed by atoms with E-state index in [4.69, 9.17) is 16.2 Å². The Morgan fingerprint density at radius 2 is 2.09 bits per heavy atom. The van der Waals surface area contributed by atoms with Crippen molar-refractivity contribution in [1.29, 1.82) is 0 Å². The highest BCUT2D eigenvalue weighted by atomic mass is 32.2. The Hall–Kier alpha value is -1.91. The van der Waals surface area contributed by atoms with Crippen molar-refractivity contribution < 1.29 is 17.9 Å². The van der Waals surface area contributed by atoms with Gasteiger partial charge in [-0.1, -0.05) is 17.8 Å². The summed E-state index contributed by atoms with van der Waals surface area (Å²) in [4.78, 5) is 12.2. The molecule has 1 aromatic carbocycles. The molecule has 0 aliphatic carbocycles. The summed E-state index contributed by atoms with van der Waals surface area (Å²) < 4.78 is 44.4. The third kappa shape index (κ3) is 2.62. The summed E-state index contributed by atoms with van der Waals surface area (Å²) in [5.41, 5.74) is 9.25. The molecule has 0 saturated heterocycles. The Morgan fingerprint density at radius 1 is 1.35 bits per heavy atom. The van der Waals surface area contributed by atoms with Gasteiger partial charge in [0.05, 0.1) is 12.7 Å². The number of nitrogens with zero attached hydrogens (tertiary/aromatic N) is 3. The molecule has 23 heavy (non-hydrogen) atoms. The second-order valence-corrected chi connectivity index (χ2v) is 5.95. The zero-order chi connectivity index (χ0) is 16.8. The fourth-order valence-electron chi connectivity index (χ4n) is 2.34. The van der Waals surface area contributed by atoms with E-state index in [1.807, 2.05) is 0 Å². The van der Waals surface area contributed by atoms with Crippen molar-refractivity contribution in [3.8, 4) is 5.75 Å². The van der Waals surface area contributed by atoms with E-state index < -0.39 is 22.9 Å². The fourth-order valence-corrected chi connectivity index (χ4v) is 3.16. The third-order valence-electron chi connectivity index (χ3n) is 3.43. The normalized spacial score (nSPS) is 26.6. The van der Waals surface area contributed by atoms with E-state index in [0.29, 0.717) is 5.04 Å². The Kier molecular flexibility index (Phi) is 3.69. The Balaban J connectivity index is 2.13. The molecule has 10 heteroatoms. The van der Waals surface area contributed by atoms with Crippen LogP contribution in [0, 0.1) is 0 Å². The molecule has 0 spiro atoms. The number of methoxy groups -OCH3 is 1. The first-order valence-electron chi connectivity index (χ1n) is 6.42. The Bertz CT molecular complexity index is 746. The van der Waals surface area contributed by atoms with Gasteiger partial charge in [0.15, 0.2) is 11.2 Å². The maximum Gasteiger partial charge on any atom is 0.419 e. The number of nitrogens with two attached hydrogens (primary N) is 2. The van der Waals surface area contributed by atoms with Crippen LogP contribution in [0.25, 0.3) is 0 Å². The molecule has 1 aromatic rings. The topological polar surface area (TPSA) is 98.3 Å². The number of halogens is 3. The lowest BCUT2D eigenvalue weighted by Crippen LogP contribution is -2.47. The number of thioether (sulfide) groups is 1. The average molecular weight is 343 g/mol. The number of ether oxygens (including phenoxy) is 1. The molecule has 122 valence electrons. The third-order valence-corrected chi connectivity index (χ3v) is 4.30. The maximum absolute atomic E-state index is 13.2. The lowest BCUT2D eigenvalue weighted by molar-refractivity contribution is -0.138. The molecular weight excluding hydrogens is 331 g/mol. The molecule has 0 aromatic heterocycles. The second kappa shape index (κ2) is 5.32. The number of alkyl halides is 3. The Labute approximate surface area is 133 Å². The molecule has 0 amide bonds. The van der Waals surface area contributed by atoms with Crippen LogP contribution in [-0.2, 0) is 11.8 Å². The van der Waals surface area contributed by atoms with Gasteiger partial charge in [-0.05, 0) is 12.1 Å². The van der Waals surface area contributed by atoms with Gasteiger partial charge >= 0.3 is 6.18 Å². The summed E-state index contributed by atoms with van der Waals surface area (Å²) >= 11 is 1.17. The van der Waals surface area contributed by atoms with Gasteiger partial charge in [0, 0.05) is 5.56 Å². The molecule has 2 heterocycles. The predicted molar refractivity (Wildman–Crippen MR) is 82.8 cm³/mol. The van der Waals surface area contributed by atoms with E-state index in [2.05, 4.69) is 15.0 Å². The molecule has 4 N–H and O–H groups in total. The van der Waals surface area contributed by atoms with Crippen LogP contribution < -0.4 is 16.2 Å². The van der Waals surface area contributed by atoms with Crippen LogP contribution in [0.2, 0.25) is 0 Å². The van der Waals surface area contributed by atoms with Gasteiger partial charge in [0.2, 0.25) is 0 Å². The number of benzene rings is 1. The van der Waals surface area contributed by atoms with Crippen molar-refractivity contribution in [1.82, 2.24) is 0 Å². The summed E-state index contributed by atoms with van der Waals surface area (Å²) in [7, 11) is 1.17. The summed E-state index contributed by atoms with van der Waals surface area (Å²) in [6, 6.07) is 3.54. The van der Waals surface area contributed by atoms with Gasteiger partial charge in [-0.15, -0.1) is 0 Å². The molecule has 2 aliphatic rings. The lowest BCUT2D eigenvalue weighted by Gasteiger charge is -2.28. The second-order valence-electron chi connectivity index (χ2n) is 4.84. The van der Waals surface area contributed by atoms with Gasteiger partial charge in [0.1, 0.15) is 22.8 Å². The molecule has 2 aliphatic heterocycles. The summed E-state index contributed by atoms with van der Waals surface area (Å²) in [5, 5.41) is 0.458. The van der Waals surface area contributed by atoms with Crippen molar-refractivity contribution in [3.63, 3.8) is 0 Å². The van der Waals surface area contributed by atoms with Crippen molar-refractivity contribution in [3.05, 3.63) is 29.3 Å². The van der Waals surface area contributed by atoms with Crippen LogP contribution in [0.5, 0.6) is 5.75 Å². The highest BCUT2D eigenvalue weighted by Crippen LogP contribution is 2.40. The number of hydrogen-bond acceptors (Lipinski definition) is 7. The van der Waals surface area contributed by atoms with Crippen LogP contribution in [0.4, 0.5) is 13.2 Å². The first-order valence-corrected chi connectivity index (χ1v) is 7.30. The highest BCUT2D eigenvalue weighted by molar-refractivity contribution is 8.16. The summed E-state index contributed by atoms with van der Waals surface area (Å²) in [5.74, 6) is -0.294. The van der Waals surface area contributed by atoms with Crippen LogP contribution in [0.3, 0.4) is 0 Å². The number of rotatable bonds is 2. The van der Waals surface area contributed by atoms with E-state index in [1.165, 1.54) is 37.3 Å². The zero-order valence-electron chi connectivity index (χ0n) is 11.8. The van der Waals surface area contributed by atoms with Crippen molar-refractivity contribution in [2.75, 3.05) is 7.11 Å². The molecule has 0 radical (unpaired) electrons. The van der Waals surface area contributed by atoms with Crippen molar-refractivity contribution in [2.45, 2.75) is 17.3 Å². The molecule has 6 nitrogen and oxygen atoms in total. The largest absolute Gasteiger partial charge is 0.496 e. The quantitative estimate of drug-likeness (QED) is 0.854. The maximum atomic E-state index is 13.2. The molecule has 0 bridgehead atoms. The lowest BCUT2D eigenvalue weighted by atomic mass is 9.93. The smallest absolute Gasteiger partial charge is 0.419 e. The minimum absolute atomic E-state index is 0.128. The predicted octanol–water partition coefficient (Wildman–Crippen LogP) is 1.70. The average Bonchev–Trinajstić information content (AvgIpc) is 2.88. The van der Waals surface area contributed by atoms with Gasteiger partial charge in [-0.25, -0.2) is 9.98 Å². The highest BCUT2D eigenvalue weighted by Gasteiger charge is 2.44. The molecule has 2 unspecified atom stereocenters. The molecular formula is C13H12F3N5OS. The molecule has 0 saturated carbocycles. The van der Waals surface area contributed by atoms with Crippen LogP contribution in [-0.4, -0.2) is 29.7 Å². The summed E-state index contributed by atoms with van der Waals surface area (Å²) in [6.45, 7) is 0. The van der Waals surface area contributed by atoms with Crippen LogP contribution in [0.15, 0.2) is 33.2 Å². The molecule has 0 fully saturated rings. The van der Waals surface area contributed by atoms with E-state index in [-0.39, 0.29) is 17.0 Å². The minimum Gasteiger partial charge on any atom is -0.496 e. The van der Waals surface area contributed by atoms with E-state index in [0.717, 1.165) is 6.07 Å². The standard InChI is InChI=1S/C13H12F3N5OS/c1-22-8-3-2-6(4-7(8)13(14,15)16)12(18)9-10(19-5-20-12)23-11(17)21-9/h2-5,11H,17-18H2,1H3. The van der Waals surface area contributed by atoms with Crippen molar-refractivity contribution >= 4 is 28.9 Å². The molecule has 3 rings (SSSR count). The number of hydrogen-bond donors (Lipinski definition) is 2. The monoisotopic (exact) mass is 343 g/mol. The van der Waals surface area contributed by atoms with E-state index >= 15 is 0 Å². The summed E-state index contributed by atoms with van der Waals surface area (Å²) in [6.07, 6.45) is -3.38. The van der Waals surface area contributed by atoms with Gasteiger partial charge in [-0.2, -0.15) is 13.2 Å². The number of fused-ring (bicyclic) bond motifs is 1. The van der Waals surface area contributed by atoms with Crippen LogP contribution >= 0.6 is 11.8 Å². The first kappa shape index (κ1) is 16.0. The van der Waals surface area contributed by atoms with Crippen LogP contribution in [0.1, 0.15) is 11.1 Å². The number of aliphatic imine (C=N–C) groups is 3. The zero-order valence-corrected chi connectivity index (χ0v) is 12.6. The fraction of sp³-hybridized carbons (Fsp3) is 0.308. The SMILES string of the molecule is COc1ccc(C2(N)N=CN=C3SC(N)N=C32)cc1C(F)(F)F.